The van der Waals surface area contributed by atoms with Crippen molar-refractivity contribution in [2.75, 3.05) is 25.4 Å². The first-order valence-corrected chi connectivity index (χ1v) is 9.88. The molecule has 3 N–H and O–H groups in total. The standard InChI is InChI=1S/C19H25N9O3/c1-4-27(5-2)12-15-16(22-26-28(15)18-17(20)24-31-25-18)19(29)23-21-11-13-7-9-14(10-8-13)30-6-3/h7-11H,4-6,12H2,1-3H3,(H2,20,24)(H,23,29)/b21-11+. The maximum atomic E-state index is 12.8. The smallest absolute Gasteiger partial charge is 0.293 e. The van der Waals surface area contributed by atoms with Crippen LogP contribution in [0.2, 0.25) is 0 Å². The molecule has 2 heterocycles. The van der Waals surface area contributed by atoms with Crippen LogP contribution in [0.25, 0.3) is 5.82 Å². The van der Waals surface area contributed by atoms with Gasteiger partial charge < -0.3 is 10.5 Å². The number of hydrogen-bond acceptors (Lipinski definition) is 10. The molecule has 1 amide bonds. The molecule has 0 fully saturated rings. The summed E-state index contributed by atoms with van der Waals surface area (Å²) in [6, 6.07) is 7.33. The van der Waals surface area contributed by atoms with Gasteiger partial charge in [-0.25, -0.2) is 10.1 Å². The van der Waals surface area contributed by atoms with Crippen molar-refractivity contribution in [1.29, 1.82) is 0 Å². The number of benzene rings is 1. The van der Waals surface area contributed by atoms with Gasteiger partial charge in [-0.3, -0.25) is 9.69 Å². The third-order valence-electron chi connectivity index (χ3n) is 4.51. The van der Waals surface area contributed by atoms with Crippen LogP contribution >= 0.6 is 0 Å². The molecule has 0 aliphatic carbocycles. The Morgan fingerprint density at radius 3 is 2.61 bits per heavy atom. The lowest BCUT2D eigenvalue weighted by molar-refractivity contribution is 0.0948. The topological polar surface area (TPSA) is 150 Å². The van der Waals surface area contributed by atoms with Crippen molar-refractivity contribution in [3.8, 4) is 11.6 Å². The molecule has 0 saturated carbocycles. The maximum absolute atomic E-state index is 12.8. The van der Waals surface area contributed by atoms with E-state index in [9.17, 15) is 4.79 Å². The number of carbonyl (C=O) groups is 1. The number of hydrogen-bond donors (Lipinski definition) is 2. The minimum Gasteiger partial charge on any atom is -0.494 e. The zero-order chi connectivity index (χ0) is 22.2. The maximum Gasteiger partial charge on any atom is 0.293 e. The van der Waals surface area contributed by atoms with E-state index in [2.05, 4.69) is 40.7 Å². The average molecular weight is 427 g/mol. The molecule has 12 heteroatoms. The molecule has 0 saturated heterocycles. The lowest BCUT2D eigenvalue weighted by atomic mass is 10.2. The van der Waals surface area contributed by atoms with Crippen molar-refractivity contribution in [3.63, 3.8) is 0 Å². The van der Waals surface area contributed by atoms with Crippen molar-refractivity contribution in [2.45, 2.75) is 27.3 Å². The molecular weight excluding hydrogens is 402 g/mol. The summed E-state index contributed by atoms with van der Waals surface area (Å²) in [5.41, 5.74) is 9.69. The molecule has 2 aromatic heterocycles. The molecule has 0 atom stereocenters. The Kier molecular flexibility index (Phi) is 7.27. The van der Waals surface area contributed by atoms with Gasteiger partial charge in [0.05, 0.1) is 18.5 Å². The number of nitrogens with two attached hydrogens (primary N) is 1. The van der Waals surface area contributed by atoms with Gasteiger partial charge in [0.25, 0.3) is 5.91 Å². The number of anilines is 1. The van der Waals surface area contributed by atoms with Crippen LogP contribution in [-0.2, 0) is 6.54 Å². The molecule has 0 aliphatic rings. The number of ether oxygens (including phenoxy) is 1. The van der Waals surface area contributed by atoms with Crippen LogP contribution in [-0.4, -0.2) is 62.0 Å². The van der Waals surface area contributed by atoms with Gasteiger partial charge in [-0.2, -0.15) is 9.78 Å². The van der Waals surface area contributed by atoms with Crippen molar-refractivity contribution in [2.24, 2.45) is 5.10 Å². The highest BCUT2D eigenvalue weighted by Crippen LogP contribution is 2.17. The monoisotopic (exact) mass is 427 g/mol. The molecule has 31 heavy (non-hydrogen) atoms. The Labute approximate surface area is 179 Å². The molecule has 0 radical (unpaired) electrons. The Morgan fingerprint density at radius 2 is 2.00 bits per heavy atom. The molecule has 3 rings (SSSR count). The normalized spacial score (nSPS) is 11.4. The zero-order valence-electron chi connectivity index (χ0n) is 17.6. The molecule has 164 valence electrons. The van der Waals surface area contributed by atoms with Crippen LogP contribution in [0, 0.1) is 0 Å². The number of amides is 1. The van der Waals surface area contributed by atoms with E-state index >= 15 is 0 Å². The quantitative estimate of drug-likeness (QED) is 0.360. The molecular formula is C19H25N9O3. The number of nitrogen functional groups attached to an aromatic ring is 1. The molecule has 12 nitrogen and oxygen atoms in total. The summed E-state index contributed by atoms with van der Waals surface area (Å²) in [6.07, 6.45) is 1.53. The number of carbonyl (C=O) groups excluding carboxylic acids is 1. The minimum atomic E-state index is -0.509. The summed E-state index contributed by atoms with van der Waals surface area (Å²) in [6.45, 7) is 8.49. The Morgan fingerprint density at radius 1 is 1.26 bits per heavy atom. The summed E-state index contributed by atoms with van der Waals surface area (Å²) in [5.74, 6) is 0.478. The van der Waals surface area contributed by atoms with E-state index in [0.29, 0.717) is 18.8 Å². The SMILES string of the molecule is CCOc1ccc(/C=N/NC(=O)c2nnn(-c3nonc3N)c2CN(CC)CC)cc1. The summed E-state index contributed by atoms with van der Waals surface area (Å²) in [4.78, 5) is 14.8. The number of hydrazone groups is 1. The van der Waals surface area contributed by atoms with Crippen LogP contribution in [0.3, 0.4) is 0 Å². The molecule has 0 bridgehead atoms. The van der Waals surface area contributed by atoms with E-state index < -0.39 is 5.91 Å². The first kappa shape index (κ1) is 21.9. The van der Waals surface area contributed by atoms with Crippen LogP contribution in [0.5, 0.6) is 5.75 Å². The van der Waals surface area contributed by atoms with Crippen molar-refractivity contribution in [1.82, 2.24) is 35.6 Å². The van der Waals surface area contributed by atoms with E-state index in [1.54, 1.807) is 0 Å². The number of rotatable bonds is 10. The summed E-state index contributed by atoms with van der Waals surface area (Å²) >= 11 is 0. The van der Waals surface area contributed by atoms with E-state index in [0.717, 1.165) is 24.4 Å². The third-order valence-corrected chi connectivity index (χ3v) is 4.51. The Hall–Kier alpha value is -3.80. The van der Waals surface area contributed by atoms with Crippen LogP contribution in [0.15, 0.2) is 34.0 Å². The van der Waals surface area contributed by atoms with Crippen molar-refractivity contribution in [3.05, 3.63) is 41.2 Å². The van der Waals surface area contributed by atoms with Crippen LogP contribution < -0.4 is 15.9 Å². The average Bonchev–Trinajstić information content (AvgIpc) is 3.38. The zero-order valence-corrected chi connectivity index (χ0v) is 17.6. The minimum absolute atomic E-state index is 0.0474. The second-order valence-corrected chi connectivity index (χ2v) is 6.43. The molecule has 0 spiro atoms. The predicted molar refractivity (Wildman–Crippen MR) is 113 cm³/mol. The van der Waals surface area contributed by atoms with E-state index in [1.807, 2.05) is 45.0 Å². The highest BCUT2D eigenvalue weighted by molar-refractivity contribution is 5.94. The molecule has 0 aliphatic heterocycles. The van der Waals surface area contributed by atoms with E-state index in [4.69, 9.17) is 10.5 Å². The fourth-order valence-electron chi connectivity index (χ4n) is 2.82. The fourth-order valence-corrected chi connectivity index (χ4v) is 2.82. The largest absolute Gasteiger partial charge is 0.494 e. The second-order valence-electron chi connectivity index (χ2n) is 6.43. The summed E-state index contributed by atoms with van der Waals surface area (Å²) < 4.78 is 11.4. The van der Waals surface area contributed by atoms with Gasteiger partial charge in [0, 0.05) is 6.54 Å². The van der Waals surface area contributed by atoms with Crippen molar-refractivity contribution >= 4 is 17.9 Å². The third kappa shape index (κ3) is 5.22. The van der Waals surface area contributed by atoms with Gasteiger partial charge in [-0.1, -0.05) is 19.1 Å². The Balaban J connectivity index is 1.79. The number of nitrogens with one attached hydrogen (secondary N) is 1. The van der Waals surface area contributed by atoms with Gasteiger partial charge in [0.2, 0.25) is 11.6 Å². The predicted octanol–water partition coefficient (Wildman–Crippen LogP) is 1.24. The van der Waals surface area contributed by atoms with Gasteiger partial charge in [0.15, 0.2) is 5.69 Å². The lowest BCUT2D eigenvalue weighted by Gasteiger charge is -2.18. The van der Waals surface area contributed by atoms with Crippen LogP contribution in [0.1, 0.15) is 42.5 Å². The summed E-state index contributed by atoms with van der Waals surface area (Å²) in [5, 5.41) is 19.4. The number of nitrogens with zero attached hydrogens (tertiary/aromatic N) is 7. The van der Waals surface area contributed by atoms with Crippen LogP contribution in [0.4, 0.5) is 5.82 Å². The second kappa shape index (κ2) is 10.3. The van der Waals surface area contributed by atoms with Gasteiger partial charge in [-0.15, -0.1) is 5.10 Å². The highest BCUT2D eigenvalue weighted by Gasteiger charge is 2.24. The lowest BCUT2D eigenvalue weighted by Crippen LogP contribution is -2.27. The van der Waals surface area contributed by atoms with Gasteiger partial charge >= 0.3 is 0 Å². The summed E-state index contributed by atoms with van der Waals surface area (Å²) in [7, 11) is 0. The van der Waals surface area contributed by atoms with E-state index in [-0.39, 0.29) is 17.3 Å². The molecule has 0 unspecified atom stereocenters. The van der Waals surface area contributed by atoms with Crippen molar-refractivity contribution < 1.29 is 14.2 Å². The molecule has 1 aromatic carbocycles. The van der Waals surface area contributed by atoms with Gasteiger partial charge in [0.1, 0.15) is 5.75 Å². The molecule has 3 aromatic rings. The highest BCUT2D eigenvalue weighted by atomic mass is 16.6. The van der Waals surface area contributed by atoms with Gasteiger partial charge in [-0.05, 0) is 60.2 Å². The first-order valence-electron chi connectivity index (χ1n) is 9.88. The number of aromatic nitrogens is 5. The van der Waals surface area contributed by atoms with E-state index in [1.165, 1.54) is 10.9 Å². The Bertz CT molecular complexity index is 1020. The fraction of sp³-hybridized carbons (Fsp3) is 0.368. The first-order chi connectivity index (χ1) is 15.1.